The van der Waals surface area contributed by atoms with Gasteiger partial charge in [-0.3, -0.25) is 14.2 Å². The summed E-state index contributed by atoms with van der Waals surface area (Å²) in [6, 6.07) is 7.81. The van der Waals surface area contributed by atoms with Gasteiger partial charge in [0.15, 0.2) is 5.78 Å². The second kappa shape index (κ2) is 11.2. The average Bonchev–Trinajstić information content (AvgIpc) is 3.52. The standard InChI is InChI=1S/C30H34N8O3/c1-19-24-17-33-30(35-28(24)38(22-5-3-4-6-22)29(41)27(19)20(2)40)34-25-9-8-23(16-31-25)36-11-13-37(14-12-36)26-10-7-21(18-39)15-32-26/h7-10,15-17,22,39H,3-6,11-14,18H2,1-2H3,(H,31,33,34,35). The number of aromatic nitrogens is 5. The molecule has 2 fully saturated rings. The van der Waals surface area contributed by atoms with Gasteiger partial charge in [-0.15, -0.1) is 0 Å². The van der Waals surface area contributed by atoms with E-state index >= 15 is 0 Å². The summed E-state index contributed by atoms with van der Waals surface area (Å²) < 4.78 is 1.71. The Morgan fingerprint density at radius 1 is 0.976 bits per heavy atom. The van der Waals surface area contributed by atoms with Crippen LogP contribution in [-0.4, -0.2) is 61.6 Å². The number of piperazine rings is 1. The third kappa shape index (κ3) is 5.24. The minimum absolute atomic E-state index is 0.00489. The van der Waals surface area contributed by atoms with Crippen LogP contribution in [0.5, 0.6) is 0 Å². The molecule has 1 aliphatic carbocycles. The lowest BCUT2D eigenvalue weighted by molar-refractivity contribution is 0.101. The van der Waals surface area contributed by atoms with Crippen molar-refractivity contribution in [1.82, 2.24) is 24.5 Å². The highest BCUT2D eigenvalue weighted by atomic mass is 16.3. The number of hydrogen-bond donors (Lipinski definition) is 2. The van der Waals surface area contributed by atoms with Crippen molar-refractivity contribution in [3.63, 3.8) is 0 Å². The van der Waals surface area contributed by atoms with E-state index in [1.54, 1.807) is 23.9 Å². The van der Waals surface area contributed by atoms with E-state index in [0.29, 0.717) is 28.4 Å². The van der Waals surface area contributed by atoms with E-state index in [4.69, 9.17) is 4.98 Å². The Hall–Kier alpha value is -4.38. The van der Waals surface area contributed by atoms with Crippen LogP contribution in [0, 0.1) is 6.92 Å². The first-order valence-electron chi connectivity index (χ1n) is 14.1. The molecule has 4 aromatic rings. The molecular formula is C30H34N8O3. The highest BCUT2D eigenvalue weighted by molar-refractivity contribution is 5.99. The van der Waals surface area contributed by atoms with Gasteiger partial charge in [0.1, 0.15) is 17.3 Å². The fraction of sp³-hybridized carbons (Fsp3) is 0.400. The van der Waals surface area contributed by atoms with E-state index in [0.717, 1.165) is 68.9 Å². The van der Waals surface area contributed by atoms with Crippen LogP contribution in [0.25, 0.3) is 11.0 Å². The number of Topliss-reactive ketones (excluding diaryl/α,β-unsaturated/α-hetero) is 1. The number of carbonyl (C=O) groups is 1. The van der Waals surface area contributed by atoms with Gasteiger partial charge in [-0.1, -0.05) is 18.9 Å². The Morgan fingerprint density at radius 2 is 1.73 bits per heavy atom. The number of anilines is 4. The minimum Gasteiger partial charge on any atom is -0.392 e. The predicted molar refractivity (Wildman–Crippen MR) is 158 cm³/mol. The molecule has 0 unspecified atom stereocenters. The molecule has 11 heteroatoms. The predicted octanol–water partition coefficient (Wildman–Crippen LogP) is 3.77. The van der Waals surface area contributed by atoms with Crippen molar-refractivity contribution in [1.29, 1.82) is 0 Å². The summed E-state index contributed by atoms with van der Waals surface area (Å²) in [5.74, 6) is 1.64. The maximum atomic E-state index is 13.4. The molecule has 4 aromatic heterocycles. The summed E-state index contributed by atoms with van der Waals surface area (Å²) >= 11 is 0. The monoisotopic (exact) mass is 554 g/mol. The van der Waals surface area contributed by atoms with Crippen LogP contribution in [0.3, 0.4) is 0 Å². The highest BCUT2D eigenvalue weighted by Crippen LogP contribution is 2.32. The molecule has 0 atom stereocenters. The molecule has 6 rings (SSSR count). The average molecular weight is 555 g/mol. The molecule has 0 radical (unpaired) electrons. The maximum absolute atomic E-state index is 13.4. The van der Waals surface area contributed by atoms with Crippen molar-refractivity contribution in [2.45, 2.75) is 52.2 Å². The van der Waals surface area contributed by atoms with Crippen molar-refractivity contribution in [2.75, 3.05) is 41.3 Å². The number of aliphatic hydroxyl groups excluding tert-OH is 1. The summed E-state index contributed by atoms with van der Waals surface area (Å²) in [6.07, 6.45) is 9.14. The fourth-order valence-electron chi connectivity index (χ4n) is 5.96. The van der Waals surface area contributed by atoms with Crippen LogP contribution < -0.4 is 20.7 Å². The van der Waals surface area contributed by atoms with E-state index in [-0.39, 0.29) is 29.6 Å². The molecular weight excluding hydrogens is 520 g/mol. The number of aryl methyl sites for hydroxylation is 1. The largest absolute Gasteiger partial charge is 0.392 e. The zero-order valence-corrected chi connectivity index (χ0v) is 23.4. The molecule has 2 N–H and O–H groups in total. The quantitative estimate of drug-likeness (QED) is 0.326. The van der Waals surface area contributed by atoms with Crippen LogP contribution in [0.15, 0.2) is 47.7 Å². The van der Waals surface area contributed by atoms with Crippen molar-refractivity contribution in [3.05, 3.63) is 69.9 Å². The molecule has 0 spiro atoms. The normalized spacial score (nSPS) is 16.0. The SMILES string of the molecule is CC(=O)c1c(C)c2cnc(Nc3ccc(N4CCN(c5ccc(CO)cn5)CC4)cn3)nc2n(C2CCCC2)c1=O. The molecule has 11 nitrogen and oxygen atoms in total. The van der Waals surface area contributed by atoms with E-state index < -0.39 is 0 Å². The lowest BCUT2D eigenvalue weighted by atomic mass is 10.0. The van der Waals surface area contributed by atoms with Crippen LogP contribution in [0.4, 0.5) is 23.3 Å². The lowest BCUT2D eigenvalue weighted by Crippen LogP contribution is -2.46. The van der Waals surface area contributed by atoms with E-state index in [1.165, 1.54) is 6.92 Å². The number of pyridine rings is 3. The fourth-order valence-corrected chi connectivity index (χ4v) is 5.96. The van der Waals surface area contributed by atoms with Gasteiger partial charge in [-0.2, -0.15) is 4.98 Å². The van der Waals surface area contributed by atoms with Crippen molar-refractivity contribution >= 4 is 40.1 Å². The first-order chi connectivity index (χ1) is 19.9. The van der Waals surface area contributed by atoms with Gasteiger partial charge >= 0.3 is 0 Å². The first kappa shape index (κ1) is 26.8. The molecule has 1 aliphatic heterocycles. The molecule has 1 saturated heterocycles. The van der Waals surface area contributed by atoms with Crippen molar-refractivity contribution in [2.24, 2.45) is 0 Å². The van der Waals surface area contributed by atoms with Crippen LogP contribution in [0.2, 0.25) is 0 Å². The number of carbonyl (C=O) groups excluding carboxylic acids is 1. The number of hydrogen-bond acceptors (Lipinski definition) is 10. The van der Waals surface area contributed by atoms with Crippen molar-refractivity contribution in [3.8, 4) is 0 Å². The van der Waals surface area contributed by atoms with Gasteiger partial charge in [0.05, 0.1) is 24.1 Å². The lowest BCUT2D eigenvalue weighted by Gasteiger charge is -2.36. The zero-order chi connectivity index (χ0) is 28.5. The summed E-state index contributed by atoms with van der Waals surface area (Å²) in [5.41, 5.74) is 2.97. The molecule has 5 heterocycles. The number of nitrogens with zero attached hydrogens (tertiary/aromatic N) is 7. The Balaban J connectivity index is 1.19. The molecule has 0 aromatic carbocycles. The van der Waals surface area contributed by atoms with Crippen LogP contribution in [0.1, 0.15) is 60.1 Å². The van der Waals surface area contributed by atoms with Gasteiger partial charge in [0.25, 0.3) is 5.56 Å². The maximum Gasteiger partial charge on any atom is 0.263 e. The Kier molecular flexibility index (Phi) is 7.36. The van der Waals surface area contributed by atoms with Gasteiger partial charge in [0.2, 0.25) is 5.95 Å². The minimum atomic E-state index is -0.264. The van der Waals surface area contributed by atoms with Crippen LogP contribution >= 0.6 is 0 Å². The van der Waals surface area contributed by atoms with Gasteiger partial charge in [-0.05, 0) is 56.0 Å². The first-order valence-corrected chi connectivity index (χ1v) is 14.1. The zero-order valence-electron chi connectivity index (χ0n) is 23.4. The second-order valence-electron chi connectivity index (χ2n) is 10.8. The summed E-state index contributed by atoms with van der Waals surface area (Å²) in [7, 11) is 0. The van der Waals surface area contributed by atoms with Gasteiger partial charge in [0, 0.05) is 50.0 Å². The van der Waals surface area contributed by atoms with Gasteiger partial charge in [-0.25, -0.2) is 15.0 Å². The number of aliphatic hydroxyl groups is 1. The Morgan fingerprint density at radius 3 is 2.37 bits per heavy atom. The Labute approximate surface area is 237 Å². The molecule has 212 valence electrons. The van der Waals surface area contributed by atoms with E-state index in [9.17, 15) is 14.7 Å². The highest BCUT2D eigenvalue weighted by Gasteiger charge is 2.26. The van der Waals surface area contributed by atoms with E-state index in [1.807, 2.05) is 30.5 Å². The number of rotatable bonds is 7. The smallest absolute Gasteiger partial charge is 0.263 e. The molecule has 0 amide bonds. The third-order valence-electron chi connectivity index (χ3n) is 8.20. The third-order valence-corrected chi connectivity index (χ3v) is 8.20. The molecule has 0 bridgehead atoms. The number of ketones is 1. The number of nitrogens with one attached hydrogen (secondary N) is 1. The summed E-state index contributed by atoms with van der Waals surface area (Å²) in [4.78, 5) is 48.7. The number of fused-ring (bicyclic) bond motifs is 1. The Bertz CT molecular complexity index is 1620. The second-order valence-corrected chi connectivity index (χ2v) is 10.8. The topological polar surface area (TPSA) is 129 Å². The molecule has 2 aliphatic rings. The summed E-state index contributed by atoms with van der Waals surface area (Å²) in [5, 5.41) is 13.1. The van der Waals surface area contributed by atoms with Gasteiger partial charge < -0.3 is 20.2 Å². The van der Waals surface area contributed by atoms with Crippen LogP contribution in [-0.2, 0) is 6.61 Å². The molecule has 41 heavy (non-hydrogen) atoms. The summed E-state index contributed by atoms with van der Waals surface area (Å²) in [6.45, 7) is 6.58. The van der Waals surface area contributed by atoms with Crippen molar-refractivity contribution < 1.29 is 9.90 Å². The molecule has 1 saturated carbocycles. The van der Waals surface area contributed by atoms with E-state index in [2.05, 4.69) is 30.1 Å².